The number of aromatic hydroxyl groups is 1. The number of carboxylic acids is 1. The fraction of sp³-hybridized carbons (Fsp3) is 0.300. The van der Waals surface area contributed by atoms with E-state index in [2.05, 4.69) is 0 Å². The Morgan fingerprint density at radius 2 is 1.86 bits per heavy atom. The Morgan fingerprint density at radius 1 is 1.36 bits per heavy atom. The van der Waals surface area contributed by atoms with E-state index in [-0.39, 0.29) is 5.75 Å². The summed E-state index contributed by atoms with van der Waals surface area (Å²) in [5.41, 5.74) is 5.98. The van der Waals surface area contributed by atoms with Gasteiger partial charge in [-0.05, 0) is 30.7 Å². The molecule has 0 saturated heterocycles. The van der Waals surface area contributed by atoms with Gasteiger partial charge in [0.2, 0.25) is 0 Å². The lowest BCUT2D eigenvalue weighted by Crippen LogP contribution is -1.90. The maximum absolute atomic E-state index is 9.60. The van der Waals surface area contributed by atoms with Crippen LogP contribution in [-0.4, -0.2) is 16.2 Å². The van der Waals surface area contributed by atoms with Gasteiger partial charge in [-0.25, -0.2) is 0 Å². The molecule has 0 atom stereocenters. The number of carbonyl (C=O) groups is 1. The van der Waals surface area contributed by atoms with Crippen LogP contribution in [-0.2, 0) is 4.79 Å². The van der Waals surface area contributed by atoms with Gasteiger partial charge < -0.3 is 15.9 Å². The van der Waals surface area contributed by atoms with E-state index in [1.807, 2.05) is 6.92 Å². The van der Waals surface area contributed by atoms with E-state index in [1.165, 1.54) is 0 Å². The lowest BCUT2D eigenvalue weighted by atomic mass is 10.3. The molecule has 0 fully saturated rings. The second-order valence-corrected chi connectivity index (χ2v) is 2.74. The topological polar surface area (TPSA) is 83.5 Å². The van der Waals surface area contributed by atoms with Crippen LogP contribution in [0.1, 0.15) is 19.8 Å². The Kier molecular flexibility index (Phi) is 5.94. The zero-order chi connectivity index (χ0) is 11.0. The van der Waals surface area contributed by atoms with Gasteiger partial charge in [0.25, 0.3) is 0 Å². The van der Waals surface area contributed by atoms with Crippen LogP contribution in [0.4, 0.5) is 5.69 Å². The number of benzene rings is 1. The van der Waals surface area contributed by atoms with Crippen molar-refractivity contribution in [1.29, 1.82) is 0 Å². The van der Waals surface area contributed by atoms with Crippen molar-refractivity contribution in [3.8, 4) is 5.75 Å². The van der Waals surface area contributed by atoms with Crippen molar-refractivity contribution in [2.75, 3.05) is 5.73 Å². The van der Waals surface area contributed by atoms with E-state index < -0.39 is 5.97 Å². The Labute approximate surface area is 83.0 Å². The number of nitrogens with two attached hydrogens (primary N) is 1. The molecule has 14 heavy (non-hydrogen) atoms. The van der Waals surface area contributed by atoms with Crippen LogP contribution >= 0.6 is 0 Å². The zero-order valence-electron chi connectivity index (χ0n) is 8.10. The van der Waals surface area contributed by atoms with Crippen LogP contribution in [0.3, 0.4) is 0 Å². The molecule has 78 valence electrons. The molecule has 0 bridgehead atoms. The zero-order valence-corrected chi connectivity index (χ0v) is 8.10. The Hall–Kier alpha value is -1.71. The monoisotopic (exact) mass is 197 g/mol. The summed E-state index contributed by atoms with van der Waals surface area (Å²) in [6.07, 6.45) is 1.02. The van der Waals surface area contributed by atoms with Crippen molar-refractivity contribution in [2.24, 2.45) is 0 Å². The Balaban J connectivity index is 0.000000255. The molecule has 0 unspecified atom stereocenters. The average molecular weight is 197 g/mol. The van der Waals surface area contributed by atoms with E-state index in [0.717, 1.165) is 6.42 Å². The summed E-state index contributed by atoms with van der Waals surface area (Å²) in [5, 5.41) is 16.6. The third-order valence-corrected chi connectivity index (χ3v) is 1.36. The average Bonchev–Trinajstić information content (AvgIpc) is 2.11. The van der Waals surface area contributed by atoms with E-state index >= 15 is 0 Å². The van der Waals surface area contributed by atoms with E-state index in [0.29, 0.717) is 12.1 Å². The van der Waals surface area contributed by atoms with Crippen LogP contribution in [0.5, 0.6) is 5.75 Å². The molecule has 1 aromatic carbocycles. The van der Waals surface area contributed by atoms with Crippen molar-refractivity contribution in [3.63, 3.8) is 0 Å². The van der Waals surface area contributed by atoms with Crippen molar-refractivity contribution < 1.29 is 15.0 Å². The molecule has 0 aromatic heterocycles. The fourth-order valence-electron chi connectivity index (χ4n) is 0.688. The Bertz CT molecular complexity index is 248. The first-order valence-electron chi connectivity index (χ1n) is 4.32. The number of phenols is 1. The van der Waals surface area contributed by atoms with Crippen LogP contribution in [0.2, 0.25) is 0 Å². The van der Waals surface area contributed by atoms with Crippen molar-refractivity contribution in [3.05, 3.63) is 24.3 Å². The predicted molar refractivity (Wildman–Crippen MR) is 55.1 cm³/mol. The van der Waals surface area contributed by atoms with Crippen LogP contribution in [0.15, 0.2) is 24.3 Å². The SMILES string of the molecule is CCCC(=O)O.Nc1ccc(O)cc1. The van der Waals surface area contributed by atoms with Gasteiger partial charge in [0.05, 0.1) is 0 Å². The summed E-state index contributed by atoms with van der Waals surface area (Å²) in [5.74, 6) is -0.461. The summed E-state index contributed by atoms with van der Waals surface area (Å²) in [4.78, 5) is 9.60. The quantitative estimate of drug-likeness (QED) is 0.499. The van der Waals surface area contributed by atoms with Gasteiger partial charge in [0, 0.05) is 12.1 Å². The number of rotatable bonds is 2. The molecular weight excluding hydrogens is 182 g/mol. The highest BCUT2D eigenvalue weighted by atomic mass is 16.4. The summed E-state index contributed by atoms with van der Waals surface area (Å²) < 4.78 is 0. The molecule has 0 aliphatic rings. The normalized spacial score (nSPS) is 8.64. The standard InChI is InChI=1S/C6H7NO.C4H8O2/c7-5-1-3-6(8)4-2-5;1-2-3-4(5)6/h1-4,8H,7H2;2-3H2,1H3,(H,5,6). The first kappa shape index (κ1) is 12.3. The first-order valence-corrected chi connectivity index (χ1v) is 4.32. The molecule has 0 amide bonds. The van der Waals surface area contributed by atoms with E-state index in [9.17, 15) is 4.79 Å². The highest BCUT2D eigenvalue weighted by Gasteiger charge is 1.87. The molecule has 0 saturated carbocycles. The molecule has 0 aliphatic carbocycles. The number of phenolic OH excluding ortho intramolecular Hbond substituents is 1. The number of nitrogen functional groups attached to an aromatic ring is 1. The number of aliphatic carboxylic acids is 1. The first-order chi connectivity index (χ1) is 6.56. The van der Waals surface area contributed by atoms with Gasteiger partial charge in [-0.2, -0.15) is 0 Å². The predicted octanol–water partition coefficient (Wildman–Crippen LogP) is 1.85. The molecule has 0 spiro atoms. The summed E-state index contributed by atoms with van der Waals surface area (Å²) in [6, 6.07) is 6.40. The van der Waals surface area contributed by atoms with Crippen LogP contribution in [0.25, 0.3) is 0 Å². The smallest absolute Gasteiger partial charge is 0.303 e. The van der Waals surface area contributed by atoms with Gasteiger partial charge in [0.1, 0.15) is 5.75 Å². The van der Waals surface area contributed by atoms with Gasteiger partial charge in [-0.1, -0.05) is 6.92 Å². The van der Waals surface area contributed by atoms with E-state index in [1.54, 1.807) is 24.3 Å². The lowest BCUT2D eigenvalue weighted by molar-refractivity contribution is -0.137. The minimum atomic E-state index is -0.711. The van der Waals surface area contributed by atoms with Crippen molar-refractivity contribution in [2.45, 2.75) is 19.8 Å². The van der Waals surface area contributed by atoms with Crippen LogP contribution in [0, 0.1) is 0 Å². The molecule has 0 heterocycles. The number of hydrogen-bond donors (Lipinski definition) is 3. The molecule has 1 rings (SSSR count). The number of carboxylic acid groups (broad SMARTS) is 1. The van der Waals surface area contributed by atoms with Crippen LogP contribution < -0.4 is 5.73 Å². The fourth-order valence-corrected chi connectivity index (χ4v) is 0.688. The molecule has 4 N–H and O–H groups in total. The second-order valence-electron chi connectivity index (χ2n) is 2.74. The van der Waals surface area contributed by atoms with E-state index in [4.69, 9.17) is 15.9 Å². The third kappa shape index (κ3) is 6.97. The molecule has 0 radical (unpaired) electrons. The van der Waals surface area contributed by atoms with Gasteiger partial charge in [-0.15, -0.1) is 0 Å². The highest BCUT2D eigenvalue weighted by Crippen LogP contribution is 2.09. The van der Waals surface area contributed by atoms with Crippen molar-refractivity contribution in [1.82, 2.24) is 0 Å². The third-order valence-electron chi connectivity index (χ3n) is 1.36. The molecule has 1 aromatic rings. The molecule has 0 aliphatic heterocycles. The lowest BCUT2D eigenvalue weighted by Gasteiger charge is -1.89. The maximum Gasteiger partial charge on any atom is 0.303 e. The summed E-state index contributed by atoms with van der Waals surface area (Å²) >= 11 is 0. The summed E-state index contributed by atoms with van der Waals surface area (Å²) in [7, 11) is 0. The molecular formula is C10H15NO3. The van der Waals surface area contributed by atoms with Gasteiger partial charge >= 0.3 is 5.97 Å². The van der Waals surface area contributed by atoms with Gasteiger partial charge in [-0.3, -0.25) is 4.79 Å². The molecule has 4 nitrogen and oxygen atoms in total. The molecule has 4 heteroatoms. The largest absolute Gasteiger partial charge is 0.508 e. The summed E-state index contributed by atoms with van der Waals surface area (Å²) in [6.45, 7) is 1.84. The van der Waals surface area contributed by atoms with Crippen molar-refractivity contribution >= 4 is 11.7 Å². The minimum absolute atomic E-state index is 0.249. The highest BCUT2D eigenvalue weighted by molar-refractivity contribution is 5.66. The number of hydrogen-bond acceptors (Lipinski definition) is 3. The second kappa shape index (κ2) is 6.77. The van der Waals surface area contributed by atoms with Gasteiger partial charge in [0.15, 0.2) is 0 Å². The minimum Gasteiger partial charge on any atom is -0.508 e. The maximum atomic E-state index is 9.60. The Morgan fingerprint density at radius 3 is 2.07 bits per heavy atom. The number of anilines is 1.